The second kappa shape index (κ2) is 10.4. The minimum atomic E-state index is -0.371. The Morgan fingerprint density at radius 2 is 1.73 bits per heavy atom. The van der Waals surface area contributed by atoms with Crippen molar-refractivity contribution < 1.29 is 13.9 Å². The van der Waals surface area contributed by atoms with Gasteiger partial charge in [0.05, 0.1) is 18.1 Å². The van der Waals surface area contributed by atoms with E-state index in [1.165, 1.54) is 11.8 Å². The average Bonchev–Trinajstić information content (AvgIpc) is 3.46. The number of anilines is 1. The maximum absolute atomic E-state index is 12.8. The summed E-state index contributed by atoms with van der Waals surface area (Å²) in [6.07, 6.45) is 1.65. The van der Waals surface area contributed by atoms with Gasteiger partial charge in [0.2, 0.25) is 5.91 Å². The molecule has 0 fully saturated rings. The molecule has 0 radical (unpaired) electrons. The number of para-hydroxylation sites is 1. The molecule has 0 saturated heterocycles. The van der Waals surface area contributed by atoms with Gasteiger partial charge in [0, 0.05) is 11.6 Å². The van der Waals surface area contributed by atoms with Crippen molar-refractivity contribution in [3.05, 3.63) is 84.6 Å². The van der Waals surface area contributed by atoms with E-state index < -0.39 is 0 Å². The minimum absolute atomic E-state index is 0.115. The predicted octanol–water partition coefficient (Wildman–Crippen LogP) is 5.95. The molecule has 1 atom stereocenters. The fraction of sp³-hybridized carbons (Fsp3) is 0.240. The van der Waals surface area contributed by atoms with Gasteiger partial charge in [0.15, 0.2) is 5.16 Å². The SMILES string of the molecule is CC(Sc1nnc(C(C)C)n1Cc1ccco1)C(=O)Nc1ccc(Oc2ccccc2)cc1. The molecule has 1 N–H and O–H groups in total. The zero-order valence-electron chi connectivity index (χ0n) is 18.8. The van der Waals surface area contributed by atoms with Crippen molar-refractivity contribution in [3.8, 4) is 11.5 Å². The third-order valence-electron chi connectivity index (χ3n) is 4.91. The minimum Gasteiger partial charge on any atom is -0.467 e. The molecule has 170 valence electrons. The monoisotopic (exact) mass is 462 g/mol. The number of nitrogens with one attached hydrogen (secondary N) is 1. The van der Waals surface area contributed by atoms with Crippen LogP contribution in [0.15, 0.2) is 82.6 Å². The molecule has 2 aromatic heterocycles. The normalized spacial score (nSPS) is 12.0. The van der Waals surface area contributed by atoms with Crippen molar-refractivity contribution in [2.24, 2.45) is 0 Å². The van der Waals surface area contributed by atoms with Crippen molar-refractivity contribution >= 4 is 23.4 Å². The summed E-state index contributed by atoms with van der Waals surface area (Å²) in [5.74, 6) is 3.22. The first-order valence-electron chi connectivity index (χ1n) is 10.8. The molecule has 0 spiro atoms. The van der Waals surface area contributed by atoms with Crippen molar-refractivity contribution in [3.63, 3.8) is 0 Å². The summed E-state index contributed by atoms with van der Waals surface area (Å²) in [5, 5.41) is 11.9. The topological polar surface area (TPSA) is 82.2 Å². The number of carbonyl (C=O) groups is 1. The Kier molecular flexibility index (Phi) is 7.14. The van der Waals surface area contributed by atoms with Crippen LogP contribution in [0.5, 0.6) is 11.5 Å². The molecule has 1 amide bonds. The molecule has 7 nitrogen and oxygen atoms in total. The number of rotatable bonds is 9. The molecule has 0 bridgehead atoms. The number of hydrogen-bond donors (Lipinski definition) is 1. The number of amides is 1. The smallest absolute Gasteiger partial charge is 0.237 e. The van der Waals surface area contributed by atoms with Gasteiger partial charge in [-0.25, -0.2) is 0 Å². The first-order chi connectivity index (χ1) is 16.0. The number of ether oxygens (including phenoxy) is 1. The summed E-state index contributed by atoms with van der Waals surface area (Å²) in [4.78, 5) is 12.8. The second-order valence-electron chi connectivity index (χ2n) is 7.85. The van der Waals surface area contributed by atoms with Crippen molar-refractivity contribution in [1.82, 2.24) is 14.8 Å². The standard InChI is InChI=1S/C25H26N4O3S/c1-17(2)23-27-28-25(29(23)16-22-10-7-15-31-22)33-18(3)24(30)26-19-11-13-21(14-12-19)32-20-8-5-4-6-9-20/h4-15,17-18H,16H2,1-3H3,(H,26,30). The van der Waals surface area contributed by atoms with Crippen LogP contribution in [0.1, 0.15) is 38.3 Å². The van der Waals surface area contributed by atoms with Crippen molar-refractivity contribution in [2.75, 3.05) is 5.32 Å². The van der Waals surface area contributed by atoms with Gasteiger partial charge in [0.1, 0.15) is 23.1 Å². The predicted molar refractivity (Wildman–Crippen MR) is 129 cm³/mol. The van der Waals surface area contributed by atoms with Crippen molar-refractivity contribution in [2.45, 2.75) is 43.6 Å². The van der Waals surface area contributed by atoms with E-state index in [0.717, 1.165) is 17.3 Å². The summed E-state index contributed by atoms with van der Waals surface area (Å²) in [5.41, 5.74) is 0.702. The largest absolute Gasteiger partial charge is 0.467 e. The Bertz CT molecular complexity index is 1170. The fourth-order valence-electron chi connectivity index (χ4n) is 3.21. The number of benzene rings is 2. The van der Waals surface area contributed by atoms with Crippen LogP contribution in [-0.2, 0) is 11.3 Å². The number of thioether (sulfide) groups is 1. The van der Waals surface area contributed by atoms with Gasteiger partial charge < -0.3 is 14.5 Å². The van der Waals surface area contributed by atoms with E-state index in [1.54, 1.807) is 6.26 Å². The van der Waals surface area contributed by atoms with E-state index in [0.29, 0.717) is 23.1 Å². The zero-order valence-corrected chi connectivity index (χ0v) is 19.6. The van der Waals surface area contributed by atoms with Gasteiger partial charge in [0.25, 0.3) is 0 Å². The molecule has 0 aliphatic rings. The molecule has 2 aromatic carbocycles. The number of carbonyl (C=O) groups excluding carboxylic acids is 1. The Hall–Kier alpha value is -3.52. The highest BCUT2D eigenvalue weighted by Gasteiger charge is 2.22. The Labute approximate surface area is 197 Å². The van der Waals surface area contributed by atoms with E-state index in [4.69, 9.17) is 9.15 Å². The van der Waals surface area contributed by atoms with E-state index in [9.17, 15) is 4.79 Å². The highest BCUT2D eigenvalue weighted by Crippen LogP contribution is 2.27. The summed E-state index contributed by atoms with van der Waals surface area (Å²) < 4.78 is 13.3. The van der Waals surface area contributed by atoms with Gasteiger partial charge in [-0.15, -0.1) is 10.2 Å². The number of hydrogen-bond acceptors (Lipinski definition) is 6. The Morgan fingerprint density at radius 1 is 1.00 bits per heavy atom. The second-order valence-corrected chi connectivity index (χ2v) is 9.16. The highest BCUT2D eigenvalue weighted by molar-refractivity contribution is 8.00. The lowest BCUT2D eigenvalue weighted by Crippen LogP contribution is -2.23. The molecular weight excluding hydrogens is 436 g/mol. The highest BCUT2D eigenvalue weighted by atomic mass is 32.2. The van der Waals surface area contributed by atoms with E-state index in [2.05, 4.69) is 29.4 Å². The van der Waals surface area contributed by atoms with Crippen LogP contribution in [0, 0.1) is 0 Å². The summed E-state index contributed by atoms with van der Waals surface area (Å²) >= 11 is 1.37. The summed E-state index contributed by atoms with van der Waals surface area (Å²) in [6.45, 7) is 6.51. The van der Waals surface area contributed by atoms with E-state index in [-0.39, 0.29) is 17.1 Å². The summed E-state index contributed by atoms with van der Waals surface area (Å²) in [6, 6.07) is 20.6. The molecule has 1 unspecified atom stereocenters. The number of aromatic nitrogens is 3. The summed E-state index contributed by atoms with van der Waals surface area (Å²) in [7, 11) is 0. The van der Waals surface area contributed by atoms with Crippen LogP contribution >= 0.6 is 11.8 Å². The van der Waals surface area contributed by atoms with E-state index in [1.807, 2.05) is 78.2 Å². The molecule has 4 rings (SSSR count). The van der Waals surface area contributed by atoms with Gasteiger partial charge in [-0.05, 0) is 55.5 Å². The molecule has 4 aromatic rings. The maximum atomic E-state index is 12.8. The molecule has 0 aliphatic heterocycles. The lowest BCUT2D eigenvalue weighted by molar-refractivity contribution is -0.115. The molecule has 8 heteroatoms. The van der Waals surface area contributed by atoms with Crippen LogP contribution in [0.3, 0.4) is 0 Å². The lowest BCUT2D eigenvalue weighted by Gasteiger charge is -2.14. The third-order valence-corrected chi connectivity index (χ3v) is 5.99. The van der Waals surface area contributed by atoms with Crippen molar-refractivity contribution in [1.29, 1.82) is 0 Å². The quantitative estimate of drug-likeness (QED) is 0.309. The van der Waals surface area contributed by atoms with Gasteiger partial charge in [-0.2, -0.15) is 0 Å². The first-order valence-corrected chi connectivity index (χ1v) is 11.6. The van der Waals surface area contributed by atoms with Crippen LogP contribution in [0.4, 0.5) is 5.69 Å². The first kappa shape index (κ1) is 22.7. The Balaban J connectivity index is 1.39. The van der Waals surface area contributed by atoms with Gasteiger partial charge in [-0.1, -0.05) is 43.8 Å². The molecule has 2 heterocycles. The van der Waals surface area contributed by atoms with E-state index >= 15 is 0 Å². The van der Waals surface area contributed by atoms with Crippen LogP contribution in [0.2, 0.25) is 0 Å². The lowest BCUT2D eigenvalue weighted by atomic mass is 10.2. The van der Waals surface area contributed by atoms with Gasteiger partial charge >= 0.3 is 0 Å². The molecule has 0 aliphatic carbocycles. The van der Waals surface area contributed by atoms with Gasteiger partial charge in [-0.3, -0.25) is 9.36 Å². The zero-order chi connectivity index (χ0) is 23.2. The third kappa shape index (κ3) is 5.84. The Morgan fingerprint density at radius 3 is 2.39 bits per heavy atom. The van der Waals surface area contributed by atoms with Crippen LogP contribution in [0.25, 0.3) is 0 Å². The molecule has 33 heavy (non-hydrogen) atoms. The molecular formula is C25H26N4O3S. The van der Waals surface area contributed by atoms with Crippen LogP contribution < -0.4 is 10.1 Å². The maximum Gasteiger partial charge on any atom is 0.237 e. The number of nitrogens with zero attached hydrogens (tertiary/aromatic N) is 3. The molecule has 0 saturated carbocycles. The number of furan rings is 1. The van der Waals surface area contributed by atoms with Crippen LogP contribution in [-0.4, -0.2) is 25.9 Å². The fourth-order valence-corrected chi connectivity index (χ4v) is 4.06. The average molecular weight is 463 g/mol.